The largest absolute Gasteiger partial charge is 0.373 e. The van der Waals surface area contributed by atoms with E-state index in [1.807, 2.05) is 0 Å². The monoisotopic (exact) mass is 346 g/mol. The molecule has 2 fully saturated rings. The van der Waals surface area contributed by atoms with Crippen LogP contribution in [0.2, 0.25) is 0 Å². The number of hydrogen-bond acceptors (Lipinski definition) is 3. The number of rotatable bonds is 5. The van der Waals surface area contributed by atoms with Crippen molar-refractivity contribution < 1.29 is 18.3 Å². The summed E-state index contributed by atoms with van der Waals surface area (Å²) in [5.41, 5.74) is -1.58. The Balaban J connectivity index is 1.74. The second-order valence-electron chi connectivity index (χ2n) is 8.06. The number of amides is 1. The average molecular weight is 346 g/mol. The van der Waals surface area contributed by atoms with Crippen molar-refractivity contribution in [3.8, 4) is 0 Å². The molecule has 0 N–H and O–H groups in total. The molecule has 2 saturated heterocycles. The highest BCUT2D eigenvalue weighted by molar-refractivity contribution is 5.82. The molecule has 0 radical (unpaired) electrons. The maximum Gasteiger partial charge on any atom is 0.252 e. The number of morpholine rings is 1. The molecule has 2 aliphatic heterocycles. The zero-order valence-electron chi connectivity index (χ0n) is 15.4. The van der Waals surface area contributed by atoms with E-state index >= 15 is 0 Å². The Morgan fingerprint density at radius 2 is 1.71 bits per heavy atom. The van der Waals surface area contributed by atoms with Crippen molar-refractivity contribution in [3.05, 3.63) is 0 Å². The predicted molar refractivity (Wildman–Crippen MR) is 90.2 cm³/mol. The summed E-state index contributed by atoms with van der Waals surface area (Å²) < 4.78 is 31.8. The second kappa shape index (κ2) is 8.09. The lowest BCUT2D eigenvalue weighted by atomic mass is 9.88. The van der Waals surface area contributed by atoms with Crippen LogP contribution in [0.3, 0.4) is 0 Å². The summed E-state index contributed by atoms with van der Waals surface area (Å²) in [6, 6.07) is 0. The maximum atomic E-state index is 13.0. The quantitative estimate of drug-likeness (QED) is 0.767. The summed E-state index contributed by atoms with van der Waals surface area (Å²) >= 11 is 0. The van der Waals surface area contributed by atoms with Gasteiger partial charge in [-0.2, -0.15) is 0 Å². The zero-order valence-corrected chi connectivity index (χ0v) is 15.4. The Labute approximate surface area is 144 Å². The molecule has 2 atom stereocenters. The van der Waals surface area contributed by atoms with Gasteiger partial charge in [0.2, 0.25) is 5.91 Å². The van der Waals surface area contributed by atoms with E-state index in [1.54, 1.807) is 4.90 Å². The maximum absolute atomic E-state index is 13.0. The fourth-order valence-corrected chi connectivity index (χ4v) is 3.76. The predicted octanol–water partition coefficient (Wildman–Crippen LogP) is 3.02. The van der Waals surface area contributed by atoms with Crippen LogP contribution in [0.4, 0.5) is 8.78 Å². The number of piperidine rings is 1. The van der Waals surface area contributed by atoms with Crippen LogP contribution in [0, 0.1) is 11.3 Å². The van der Waals surface area contributed by atoms with Crippen molar-refractivity contribution in [2.75, 3.05) is 32.7 Å². The SMILES string of the molecule is C[C@@H]1CN(CCC2CCN(C(=O)C(C)(C)C(F)F)CC2)C[C@H](C)O1. The molecule has 24 heavy (non-hydrogen) atoms. The third kappa shape index (κ3) is 4.88. The third-order valence-electron chi connectivity index (χ3n) is 5.35. The Hall–Kier alpha value is -0.750. The van der Waals surface area contributed by atoms with Gasteiger partial charge < -0.3 is 9.64 Å². The Morgan fingerprint density at radius 1 is 1.17 bits per heavy atom. The molecule has 0 unspecified atom stereocenters. The summed E-state index contributed by atoms with van der Waals surface area (Å²) in [7, 11) is 0. The van der Waals surface area contributed by atoms with E-state index in [1.165, 1.54) is 13.8 Å². The lowest BCUT2D eigenvalue weighted by Crippen LogP contribution is -2.48. The molecule has 1 amide bonds. The Morgan fingerprint density at radius 3 is 2.21 bits per heavy atom. The first-order valence-electron chi connectivity index (χ1n) is 9.15. The van der Waals surface area contributed by atoms with Gasteiger partial charge in [0.25, 0.3) is 6.43 Å². The normalized spacial score (nSPS) is 27.7. The summed E-state index contributed by atoms with van der Waals surface area (Å²) in [6.45, 7) is 11.1. The van der Waals surface area contributed by atoms with Gasteiger partial charge in [-0.1, -0.05) is 0 Å². The van der Waals surface area contributed by atoms with Crippen molar-refractivity contribution in [2.45, 2.75) is 65.6 Å². The van der Waals surface area contributed by atoms with Gasteiger partial charge in [0.1, 0.15) is 5.41 Å². The number of halogens is 2. The first kappa shape index (κ1) is 19.6. The molecule has 2 rings (SSSR count). The molecule has 0 saturated carbocycles. The van der Waals surface area contributed by atoms with Gasteiger partial charge in [-0.15, -0.1) is 0 Å². The molecule has 0 aromatic rings. The second-order valence-corrected chi connectivity index (χ2v) is 8.06. The molecule has 140 valence electrons. The van der Waals surface area contributed by atoms with E-state index in [0.717, 1.165) is 38.9 Å². The first-order valence-corrected chi connectivity index (χ1v) is 9.15. The topological polar surface area (TPSA) is 32.8 Å². The average Bonchev–Trinajstić information content (AvgIpc) is 2.51. The van der Waals surface area contributed by atoms with Crippen molar-refractivity contribution in [1.82, 2.24) is 9.80 Å². The number of carbonyl (C=O) groups excluding carboxylic acids is 1. The van der Waals surface area contributed by atoms with Crippen molar-refractivity contribution >= 4 is 5.91 Å². The highest BCUT2D eigenvalue weighted by Gasteiger charge is 2.41. The number of hydrogen-bond donors (Lipinski definition) is 0. The van der Waals surface area contributed by atoms with E-state index in [-0.39, 0.29) is 12.2 Å². The van der Waals surface area contributed by atoms with E-state index in [2.05, 4.69) is 18.7 Å². The van der Waals surface area contributed by atoms with Gasteiger partial charge in [-0.3, -0.25) is 9.69 Å². The van der Waals surface area contributed by atoms with Crippen LogP contribution < -0.4 is 0 Å². The lowest BCUT2D eigenvalue weighted by Gasteiger charge is -2.38. The van der Waals surface area contributed by atoms with E-state index < -0.39 is 17.7 Å². The minimum Gasteiger partial charge on any atom is -0.373 e. The fraction of sp³-hybridized carbons (Fsp3) is 0.944. The van der Waals surface area contributed by atoms with Crippen LogP contribution in [0.15, 0.2) is 0 Å². The summed E-state index contributed by atoms with van der Waals surface area (Å²) in [5, 5.41) is 0. The molecule has 0 spiro atoms. The Bertz CT molecular complexity index is 413. The van der Waals surface area contributed by atoms with Gasteiger partial charge in [-0.05, 0) is 59.4 Å². The molecule has 0 bridgehead atoms. The summed E-state index contributed by atoms with van der Waals surface area (Å²) in [6.07, 6.45) is 0.892. The Kier molecular flexibility index (Phi) is 6.59. The summed E-state index contributed by atoms with van der Waals surface area (Å²) in [4.78, 5) is 16.4. The van der Waals surface area contributed by atoms with Crippen LogP contribution in [0.25, 0.3) is 0 Å². The van der Waals surface area contributed by atoms with E-state index in [0.29, 0.717) is 19.0 Å². The number of carbonyl (C=O) groups is 1. The van der Waals surface area contributed by atoms with Crippen LogP contribution in [-0.4, -0.2) is 67.1 Å². The van der Waals surface area contributed by atoms with E-state index in [4.69, 9.17) is 4.74 Å². The molecule has 0 aromatic carbocycles. The smallest absolute Gasteiger partial charge is 0.252 e. The number of alkyl halides is 2. The minimum absolute atomic E-state index is 0.282. The lowest BCUT2D eigenvalue weighted by molar-refractivity contribution is -0.150. The zero-order chi connectivity index (χ0) is 17.9. The van der Waals surface area contributed by atoms with E-state index in [9.17, 15) is 13.6 Å². The molecule has 6 heteroatoms. The molecule has 0 aliphatic carbocycles. The molecule has 4 nitrogen and oxygen atoms in total. The molecule has 2 aliphatic rings. The molecule has 2 heterocycles. The van der Waals surface area contributed by atoms with Crippen LogP contribution >= 0.6 is 0 Å². The molecular weight excluding hydrogens is 314 g/mol. The number of likely N-dealkylation sites (tertiary alicyclic amines) is 1. The van der Waals surface area contributed by atoms with Crippen molar-refractivity contribution in [3.63, 3.8) is 0 Å². The minimum atomic E-state index is -2.62. The van der Waals surface area contributed by atoms with Gasteiger partial charge in [0.15, 0.2) is 0 Å². The highest BCUT2D eigenvalue weighted by atomic mass is 19.3. The fourth-order valence-electron chi connectivity index (χ4n) is 3.76. The van der Waals surface area contributed by atoms with Gasteiger partial charge in [0.05, 0.1) is 12.2 Å². The number of nitrogens with zero attached hydrogens (tertiary/aromatic N) is 2. The molecular formula is C18H32F2N2O2. The molecule has 0 aromatic heterocycles. The standard InChI is InChI=1S/C18H32F2N2O2/c1-13-11-21(12-14(2)24-13)8-5-15-6-9-22(10-7-15)17(23)18(3,4)16(19)20/h13-16H,5-12H2,1-4H3/t13-,14+. The third-order valence-corrected chi connectivity index (χ3v) is 5.35. The first-order chi connectivity index (χ1) is 11.2. The van der Waals surface area contributed by atoms with Gasteiger partial charge in [-0.25, -0.2) is 8.78 Å². The highest BCUT2D eigenvalue weighted by Crippen LogP contribution is 2.30. The summed E-state index contributed by atoms with van der Waals surface area (Å²) in [5.74, 6) is 0.170. The van der Waals surface area contributed by atoms with Gasteiger partial charge in [0, 0.05) is 26.2 Å². The number of ether oxygens (including phenoxy) is 1. The van der Waals surface area contributed by atoms with Crippen molar-refractivity contribution in [2.24, 2.45) is 11.3 Å². The van der Waals surface area contributed by atoms with Crippen LogP contribution in [0.5, 0.6) is 0 Å². The van der Waals surface area contributed by atoms with Crippen molar-refractivity contribution in [1.29, 1.82) is 0 Å². The van der Waals surface area contributed by atoms with Crippen LogP contribution in [-0.2, 0) is 9.53 Å². The van der Waals surface area contributed by atoms with Gasteiger partial charge >= 0.3 is 0 Å². The van der Waals surface area contributed by atoms with Crippen LogP contribution in [0.1, 0.15) is 47.0 Å².